The van der Waals surface area contributed by atoms with Crippen molar-refractivity contribution in [1.82, 2.24) is 14.6 Å². The highest BCUT2D eigenvalue weighted by molar-refractivity contribution is 5.86. The van der Waals surface area contributed by atoms with E-state index in [1.807, 2.05) is 68.4 Å². The highest BCUT2D eigenvalue weighted by Crippen LogP contribution is 2.31. The van der Waals surface area contributed by atoms with E-state index in [9.17, 15) is 4.79 Å². The number of ether oxygens (including phenoxy) is 1. The number of methoxy groups -OCH3 is 1. The van der Waals surface area contributed by atoms with Crippen molar-refractivity contribution in [3.05, 3.63) is 82.8 Å². The molecule has 4 rings (SSSR count). The number of rotatable bonds is 4. The second kappa shape index (κ2) is 6.85. The maximum Gasteiger partial charge on any atom is 0.282 e. The molecule has 5 nitrogen and oxygen atoms in total. The predicted molar refractivity (Wildman–Crippen MR) is 113 cm³/mol. The number of aromatic nitrogens is 3. The zero-order valence-electron chi connectivity index (χ0n) is 16.1. The molecule has 0 aliphatic carbocycles. The zero-order valence-corrected chi connectivity index (χ0v) is 16.1. The Morgan fingerprint density at radius 2 is 1.75 bits per heavy atom. The summed E-state index contributed by atoms with van der Waals surface area (Å²) in [4.78, 5) is 16.7. The van der Waals surface area contributed by atoms with E-state index in [0.29, 0.717) is 11.2 Å². The zero-order chi connectivity index (χ0) is 19.8. The third-order valence-corrected chi connectivity index (χ3v) is 4.83. The molecule has 0 aliphatic rings. The van der Waals surface area contributed by atoms with E-state index in [0.717, 1.165) is 39.4 Å². The van der Waals surface area contributed by atoms with Gasteiger partial charge in [0.15, 0.2) is 0 Å². The Kier molecular flexibility index (Phi) is 4.35. The smallest absolute Gasteiger partial charge is 0.282 e. The maximum absolute atomic E-state index is 13.3. The van der Waals surface area contributed by atoms with Gasteiger partial charge in [-0.3, -0.25) is 4.79 Å². The Morgan fingerprint density at radius 3 is 2.36 bits per heavy atom. The van der Waals surface area contributed by atoms with Crippen LogP contribution in [-0.4, -0.2) is 21.7 Å². The molecule has 0 radical (unpaired) electrons. The molecular formula is C23H21N3O2. The third-order valence-electron chi connectivity index (χ3n) is 4.83. The van der Waals surface area contributed by atoms with Crippen molar-refractivity contribution in [2.45, 2.75) is 13.8 Å². The van der Waals surface area contributed by atoms with Gasteiger partial charge in [0.05, 0.1) is 12.7 Å². The summed E-state index contributed by atoms with van der Waals surface area (Å²) in [6, 6.07) is 17.3. The molecule has 0 spiro atoms. The molecule has 2 heterocycles. The lowest BCUT2D eigenvalue weighted by Gasteiger charge is -2.08. The molecular weight excluding hydrogens is 350 g/mol. The summed E-state index contributed by atoms with van der Waals surface area (Å²) >= 11 is 0. The normalized spacial score (nSPS) is 11.0. The first-order chi connectivity index (χ1) is 13.5. The largest absolute Gasteiger partial charge is 0.497 e. The molecule has 0 fully saturated rings. The van der Waals surface area contributed by atoms with E-state index in [2.05, 4.69) is 16.7 Å². The molecule has 5 heteroatoms. The molecule has 140 valence electrons. The number of aromatic amines is 1. The fraction of sp³-hybridized carbons (Fsp3) is 0.130. The topological polar surface area (TPSA) is 59.4 Å². The highest BCUT2D eigenvalue weighted by atomic mass is 16.5. The lowest BCUT2D eigenvalue weighted by Crippen LogP contribution is -2.19. The summed E-state index contributed by atoms with van der Waals surface area (Å²) in [5.41, 5.74) is 6.07. The fourth-order valence-electron chi connectivity index (χ4n) is 3.49. The Bertz CT molecular complexity index is 1230. The summed E-state index contributed by atoms with van der Waals surface area (Å²) < 4.78 is 6.66. The van der Waals surface area contributed by atoms with Crippen LogP contribution in [0.4, 0.5) is 0 Å². The summed E-state index contributed by atoms with van der Waals surface area (Å²) in [5, 5.41) is 4.65. The van der Waals surface area contributed by atoms with Crippen LogP contribution in [0.3, 0.4) is 0 Å². The van der Waals surface area contributed by atoms with Gasteiger partial charge in [-0.25, -0.2) is 0 Å². The van der Waals surface area contributed by atoms with Crippen molar-refractivity contribution < 1.29 is 4.74 Å². The van der Waals surface area contributed by atoms with Gasteiger partial charge in [-0.2, -0.15) is 9.61 Å². The number of H-pyrrole nitrogens is 1. The SMILES string of the molecule is C=C(C)c1c(-c2ccccc2)nn2c(=O)c(-c3ccc(OC)cc3)c(C)[nH]c12. The van der Waals surface area contributed by atoms with Crippen LogP contribution in [-0.2, 0) is 0 Å². The van der Waals surface area contributed by atoms with Gasteiger partial charge in [0, 0.05) is 16.8 Å². The standard InChI is InChI=1S/C23H21N3O2/c1-14(2)19-21(17-8-6-5-7-9-17)25-26-22(19)24-15(3)20(23(26)27)16-10-12-18(28-4)13-11-16/h5-13,24H,1H2,2-4H3. The molecule has 0 saturated heterocycles. The summed E-state index contributed by atoms with van der Waals surface area (Å²) in [6.07, 6.45) is 0. The van der Waals surface area contributed by atoms with Gasteiger partial charge >= 0.3 is 0 Å². The number of fused-ring (bicyclic) bond motifs is 1. The van der Waals surface area contributed by atoms with Crippen LogP contribution in [0, 0.1) is 6.92 Å². The van der Waals surface area contributed by atoms with Crippen molar-refractivity contribution in [2.75, 3.05) is 7.11 Å². The van der Waals surface area contributed by atoms with E-state index < -0.39 is 0 Å². The summed E-state index contributed by atoms with van der Waals surface area (Å²) in [6.45, 7) is 7.93. The minimum atomic E-state index is -0.166. The number of hydrogen-bond acceptors (Lipinski definition) is 3. The van der Waals surface area contributed by atoms with Crippen LogP contribution in [0.25, 0.3) is 33.6 Å². The molecule has 0 saturated carbocycles. The minimum absolute atomic E-state index is 0.166. The van der Waals surface area contributed by atoms with E-state index >= 15 is 0 Å². The lowest BCUT2D eigenvalue weighted by atomic mass is 10.0. The highest BCUT2D eigenvalue weighted by Gasteiger charge is 2.20. The molecule has 0 aliphatic heterocycles. The summed E-state index contributed by atoms with van der Waals surface area (Å²) in [7, 11) is 1.62. The van der Waals surface area contributed by atoms with Gasteiger partial charge in [0.1, 0.15) is 17.1 Å². The Labute approximate surface area is 162 Å². The van der Waals surface area contributed by atoms with Gasteiger partial charge in [-0.15, -0.1) is 0 Å². The number of benzene rings is 2. The van der Waals surface area contributed by atoms with Crippen LogP contribution in [0.1, 0.15) is 18.2 Å². The molecule has 0 bridgehead atoms. The number of nitrogens with zero attached hydrogens (tertiary/aromatic N) is 2. The van der Waals surface area contributed by atoms with E-state index in [1.54, 1.807) is 7.11 Å². The van der Waals surface area contributed by atoms with E-state index in [-0.39, 0.29) is 5.56 Å². The molecule has 4 aromatic rings. The van der Waals surface area contributed by atoms with Crippen LogP contribution < -0.4 is 10.3 Å². The Balaban J connectivity index is 2.01. The molecule has 0 unspecified atom stereocenters. The first-order valence-corrected chi connectivity index (χ1v) is 9.02. The third kappa shape index (κ3) is 2.81. The number of allylic oxidation sites excluding steroid dienone is 1. The number of hydrogen-bond donors (Lipinski definition) is 1. The van der Waals surface area contributed by atoms with Crippen molar-refractivity contribution in [2.24, 2.45) is 0 Å². The molecule has 2 aromatic carbocycles. The van der Waals surface area contributed by atoms with Gasteiger partial charge in [0.2, 0.25) is 0 Å². The van der Waals surface area contributed by atoms with Crippen LogP contribution >= 0.6 is 0 Å². The average Bonchev–Trinajstić information content (AvgIpc) is 3.09. The quantitative estimate of drug-likeness (QED) is 0.565. The first kappa shape index (κ1) is 17.8. The van der Waals surface area contributed by atoms with Crippen molar-refractivity contribution >= 4 is 11.2 Å². The minimum Gasteiger partial charge on any atom is -0.497 e. The Hall–Kier alpha value is -3.60. The van der Waals surface area contributed by atoms with Crippen molar-refractivity contribution in [3.63, 3.8) is 0 Å². The van der Waals surface area contributed by atoms with Crippen LogP contribution in [0.15, 0.2) is 66.0 Å². The molecule has 2 aromatic heterocycles. The van der Waals surface area contributed by atoms with Crippen LogP contribution in [0.5, 0.6) is 5.75 Å². The second-order valence-electron chi connectivity index (χ2n) is 6.79. The maximum atomic E-state index is 13.3. The van der Waals surface area contributed by atoms with Crippen LogP contribution in [0.2, 0.25) is 0 Å². The van der Waals surface area contributed by atoms with Gasteiger partial charge < -0.3 is 9.72 Å². The molecule has 0 atom stereocenters. The van der Waals surface area contributed by atoms with Gasteiger partial charge in [-0.1, -0.05) is 49.0 Å². The number of aryl methyl sites for hydroxylation is 1. The first-order valence-electron chi connectivity index (χ1n) is 9.02. The summed E-state index contributed by atoms with van der Waals surface area (Å²) in [5.74, 6) is 0.744. The molecule has 0 amide bonds. The van der Waals surface area contributed by atoms with Crippen molar-refractivity contribution in [1.29, 1.82) is 0 Å². The number of nitrogens with one attached hydrogen (secondary N) is 1. The monoisotopic (exact) mass is 371 g/mol. The van der Waals surface area contributed by atoms with E-state index in [4.69, 9.17) is 4.74 Å². The molecule has 28 heavy (non-hydrogen) atoms. The fourth-order valence-corrected chi connectivity index (χ4v) is 3.49. The average molecular weight is 371 g/mol. The lowest BCUT2D eigenvalue weighted by molar-refractivity contribution is 0.415. The van der Waals surface area contributed by atoms with Crippen molar-refractivity contribution in [3.8, 4) is 28.1 Å². The second-order valence-corrected chi connectivity index (χ2v) is 6.79. The molecule has 1 N–H and O–H groups in total. The predicted octanol–water partition coefficient (Wildman–Crippen LogP) is 4.71. The van der Waals surface area contributed by atoms with Gasteiger partial charge in [-0.05, 0) is 37.1 Å². The van der Waals surface area contributed by atoms with Gasteiger partial charge in [0.25, 0.3) is 5.56 Å². The Morgan fingerprint density at radius 1 is 1.07 bits per heavy atom. The van der Waals surface area contributed by atoms with E-state index in [1.165, 1.54) is 4.52 Å².